The number of carbonyl (C=O) groups excluding carboxylic acids is 1. The minimum atomic E-state index is -0.970. The number of carbonyl (C=O) groups is 2. The zero-order valence-corrected chi connectivity index (χ0v) is 8.75. The maximum atomic E-state index is 11.1. The molecule has 80 valence electrons. The van der Waals surface area contributed by atoms with E-state index in [1.165, 1.54) is 25.3 Å². The molecule has 0 fully saturated rings. The summed E-state index contributed by atoms with van der Waals surface area (Å²) in [6.07, 6.45) is -0.166. The summed E-state index contributed by atoms with van der Waals surface area (Å²) in [4.78, 5) is 21.5. The smallest absolute Gasteiger partial charge is 0.337 e. The molecule has 0 aromatic heterocycles. The molecule has 15 heavy (non-hydrogen) atoms. The minimum absolute atomic E-state index is 0.166. The fraction of sp³-hybridized carbons (Fsp3) is 0.200. The van der Waals surface area contributed by atoms with Crippen molar-refractivity contribution in [2.24, 2.45) is 0 Å². The average Bonchev–Trinajstić information content (AvgIpc) is 2.19. The molecule has 0 aliphatic carbocycles. The van der Waals surface area contributed by atoms with Crippen LogP contribution in [0.4, 0.5) is 0 Å². The Bertz CT molecular complexity index is 400. The molecule has 1 aromatic carbocycles. The molecule has 0 aliphatic rings. The van der Waals surface area contributed by atoms with Crippen LogP contribution >= 0.6 is 11.6 Å². The van der Waals surface area contributed by atoms with Crippen molar-refractivity contribution in [3.05, 3.63) is 34.3 Å². The van der Waals surface area contributed by atoms with Crippen molar-refractivity contribution >= 4 is 23.5 Å². The lowest BCUT2D eigenvalue weighted by molar-refractivity contribution is -0.136. The Labute approximate surface area is 91.4 Å². The van der Waals surface area contributed by atoms with Gasteiger partial charge in [-0.1, -0.05) is 17.7 Å². The second-order valence-corrected chi connectivity index (χ2v) is 3.28. The van der Waals surface area contributed by atoms with E-state index in [2.05, 4.69) is 4.74 Å². The summed E-state index contributed by atoms with van der Waals surface area (Å²) in [5.41, 5.74) is 0.772. The van der Waals surface area contributed by atoms with Crippen LogP contribution in [0.5, 0.6) is 0 Å². The highest BCUT2D eigenvalue weighted by molar-refractivity contribution is 6.31. The number of halogens is 1. The first-order valence-corrected chi connectivity index (χ1v) is 4.51. The van der Waals surface area contributed by atoms with Gasteiger partial charge in [0.1, 0.15) is 0 Å². The topological polar surface area (TPSA) is 63.6 Å². The third-order valence-electron chi connectivity index (χ3n) is 1.82. The number of methoxy groups -OCH3 is 1. The molecule has 0 aliphatic heterocycles. The number of esters is 1. The number of aliphatic carboxylic acids is 1. The van der Waals surface area contributed by atoms with E-state index in [-0.39, 0.29) is 11.4 Å². The maximum Gasteiger partial charge on any atom is 0.337 e. The lowest BCUT2D eigenvalue weighted by Crippen LogP contribution is -2.04. The predicted octanol–water partition coefficient (Wildman–Crippen LogP) is 1.75. The van der Waals surface area contributed by atoms with Crippen molar-refractivity contribution in [2.45, 2.75) is 6.42 Å². The molecule has 4 nitrogen and oxygen atoms in total. The van der Waals surface area contributed by atoms with E-state index in [1.54, 1.807) is 0 Å². The van der Waals surface area contributed by atoms with Gasteiger partial charge in [-0.25, -0.2) is 4.79 Å². The fourth-order valence-corrected chi connectivity index (χ4v) is 1.35. The van der Waals surface area contributed by atoms with E-state index < -0.39 is 11.9 Å². The van der Waals surface area contributed by atoms with Crippen LogP contribution in [0.1, 0.15) is 15.9 Å². The third-order valence-corrected chi connectivity index (χ3v) is 2.17. The van der Waals surface area contributed by atoms with Crippen molar-refractivity contribution in [2.75, 3.05) is 7.11 Å². The molecule has 0 saturated carbocycles. The zero-order valence-electron chi connectivity index (χ0n) is 7.99. The van der Waals surface area contributed by atoms with E-state index in [4.69, 9.17) is 16.7 Å². The average molecular weight is 229 g/mol. The summed E-state index contributed by atoms with van der Waals surface area (Å²) in [6.45, 7) is 0. The summed E-state index contributed by atoms with van der Waals surface area (Å²) in [5.74, 6) is -1.47. The van der Waals surface area contributed by atoms with Gasteiger partial charge in [-0.05, 0) is 17.7 Å². The third kappa shape index (κ3) is 2.95. The van der Waals surface area contributed by atoms with E-state index in [0.717, 1.165) is 0 Å². The molecule has 0 radical (unpaired) electrons. The minimum Gasteiger partial charge on any atom is -0.481 e. The summed E-state index contributed by atoms with van der Waals surface area (Å²) in [6, 6.07) is 4.38. The highest BCUT2D eigenvalue weighted by Gasteiger charge is 2.10. The van der Waals surface area contributed by atoms with Gasteiger partial charge >= 0.3 is 11.9 Å². The van der Waals surface area contributed by atoms with Gasteiger partial charge in [0, 0.05) is 5.02 Å². The van der Waals surface area contributed by atoms with Gasteiger partial charge in [0.15, 0.2) is 0 Å². The Morgan fingerprint density at radius 1 is 1.47 bits per heavy atom. The molecule has 0 unspecified atom stereocenters. The number of ether oxygens (including phenoxy) is 1. The van der Waals surface area contributed by atoms with Crippen molar-refractivity contribution in [3.63, 3.8) is 0 Å². The number of carboxylic acids is 1. The van der Waals surface area contributed by atoms with E-state index in [9.17, 15) is 9.59 Å². The monoisotopic (exact) mass is 228 g/mol. The molecule has 5 heteroatoms. The largest absolute Gasteiger partial charge is 0.481 e. The number of rotatable bonds is 3. The normalized spacial score (nSPS) is 9.73. The standard InChI is InChI=1S/C10H9ClO4/c1-15-10(14)7-3-2-6(5-9(12)13)8(11)4-7/h2-4H,5H2,1H3,(H,12,13). The molecule has 1 rings (SSSR count). The van der Waals surface area contributed by atoms with Crippen molar-refractivity contribution in [1.29, 1.82) is 0 Å². The van der Waals surface area contributed by atoms with Crippen LogP contribution in [0, 0.1) is 0 Å². The molecule has 0 atom stereocenters. The SMILES string of the molecule is COC(=O)c1ccc(CC(=O)O)c(Cl)c1. The first kappa shape index (κ1) is 11.5. The molecule has 1 aromatic rings. The highest BCUT2D eigenvalue weighted by atomic mass is 35.5. The van der Waals surface area contributed by atoms with Gasteiger partial charge in [0.05, 0.1) is 19.1 Å². The fourth-order valence-electron chi connectivity index (χ4n) is 1.10. The van der Waals surface area contributed by atoms with E-state index in [1.807, 2.05) is 0 Å². The van der Waals surface area contributed by atoms with Gasteiger partial charge in [-0.3, -0.25) is 4.79 Å². The molecule has 0 bridgehead atoms. The highest BCUT2D eigenvalue weighted by Crippen LogP contribution is 2.19. The molecular weight excluding hydrogens is 220 g/mol. The van der Waals surface area contributed by atoms with E-state index >= 15 is 0 Å². The van der Waals surface area contributed by atoms with Crippen molar-refractivity contribution in [1.82, 2.24) is 0 Å². The molecular formula is C10H9ClO4. The maximum absolute atomic E-state index is 11.1. The lowest BCUT2D eigenvalue weighted by Gasteiger charge is -2.03. The Kier molecular flexibility index (Phi) is 3.68. The van der Waals surface area contributed by atoms with Gasteiger partial charge < -0.3 is 9.84 Å². The summed E-state index contributed by atoms with van der Waals surface area (Å²) < 4.78 is 4.50. The number of benzene rings is 1. The molecule has 1 N–H and O–H groups in total. The zero-order chi connectivity index (χ0) is 11.4. The Morgan fingerprint density at radius 3 is 2.60 bits per heavy atom. The number of carboxylic acid groups (broad SMARTS) is 1. The van der Waals surface area contributed by atoms with Gasteiger partial charge in [0.25, 0.3) is 0 Å². The molecule has 0 saturated heterocycles. The van der Waals surface area contributed by atoms with Crippen LogP contribution in [0.2, 0.25) is 5.02 Å². The van der Waals surface area contributed by atoms with Gasteiger partial charge in [-0.15, -0.1) is 0 Å². The van der Waals surface area contributed by atoms with Gasteiger partial charge in [-0.2, -0.15) is 0 Å². The first-order chi connectivity index (χ1) is 7.04. The van der Waals surface area contributed by atoms with Crippen LogP contribution in [0.15, 0.2) is 18.2 Å². The second kappa shape index (κ2) is 4.79. The second-order valence-electron chi connectivity index (χ2n) is 2.87. The van der Waals surface area contributed by atoms with Crippen LogP contribution in [0.3, 0.4) is 0 Å². The van der Waals surface area contributed by atoms with Gasteiger partial charge in [0.2, 0.25) is 0 Å². The summed E-state index contributed by atoms with van der Waals surface area (Å²) >= 11 is 5.80. The number of hydrogen-bond donors (Lipinski definition) is 1. The molecule has 0 amide bonds. The first-order valence-electron chi connectivity index (χ1n) is 4.13. The summed E-state index contributed by atoms with van der Waals surface area (Å²) in [5, 5.41) is 8.82. The van der Waals surface area contributed by atoms with Crippen LogP contribution < -0.4 is 0 Å². The van der Waals surface area contributed by atoms with Crippen molar-refractivity contribution in [3.8, 4) is 0 Å². The van der Waals surface area contributed by atoms with Crippen LogP contribution in [0.25, 0.3) is 0 Å². The quantitative estimate of drug-likeness (QED) is 0.801. The predicted molar refractivity (Wildman–Crippen MR) is 54.1 cm³/mol. The van der Waals surface area contributed by atoms with Crippen LogP contribution in [-0.4, -0.2) is 24.2 Å². The van der Waals surface area contributed by atoms with Crippen molar-refractivity contribution < 1.29 is 19.4 Å². The number of hydrogen-bond acceptors (Lipinski definition) is 3. The Balaban J connectivity index is 2.97. The summed E-state index contributed by atoms with van der Waals surface area (Å²) in [7, 11) is 1.27. The van der Waals surface area contributed by atoms with Crippen LogP contribution in [-0.2, 0) is 16.0 Å². The molecule has 0 heterocycles. The molecule has 0 spiro atoms. The Morgan fingerprint density at radius 2 is 2.13 bits per heavy atom. The lowest BCUT2D eigenvalue weighted by atomic mass is 10.1. The van der Waals surface area contributed by atoms with E-state index in [0.29, 0.717) is 11.1 Å². The Hall–Kier alpha value is -1.55.